The molecule has 0 saturated carbocycles. The maximum absolute atomic E-state index is 13.3. The van der Waals surface area contributed by atoms with E-state index in [2.05, 4.69) is 10.4 Å². The van der Waals surface area contributed by atoms with Gasteiger partial charge in [-0.25, -0.2) is 4.39 Å². The molecule has 1 heterocycles. The molecule has 0 aliphatic heterocycles. The zero-order chi connectivity index (χ0) is 20.2. The topological polar surface area (TPSA) is 46.9 Å². The highest BCUT2D eigenvalue weighted by molar-refractivity contribution is 6.09. The number of anilines is 1. The zero-order valence-electron chi connectivity index (χ0n) is 16.0. The summed E-state index contributed by atoms with van der Waals surface area (Å²) in [4.78, 5) is 12.9. The molecular formula is C24H20FN3O. The molecule has 4 aromatic rings. The van der Waals surface area contributed by atoms with Crippen molar-refractivity contribution in [1.82, 2.24) is 9.78 Å². The van der Waals surface area contributed by atoms with Crippen LogP contribution in [0.1, 0.15) is 21.5 Å². The minimum absolute atomic E-state index is 0.226. The van der Waals surface area contributed by atoms with Gasteiger partial charge < -0.3 is 5.32 Å². The van der Waals surface area contributed by atoms with Gasteiger partial charge in [0.25, 0.3) is 5.91 Å². The number of amides is 1. The highest BCUT2D eigenvalue weighted by Gasteiger charge is 2.14. The fraction of sp³-hybridized carbons (Fsp3) is 0.0833. The van der Waals surface area contributed by atoms with Crippen LogP contribution in [-0.4, -0.2) is 15.7 Å². The molecule has 0 aliphatic rings. The van der Waals surface area contributed by atoms with Crippen LogP contribution in [0.25, 0.3) is 11.1 Å². The fourth-order valence-electron chi connectivity index (χ4n) is 3.26. The first-order chi connectivity index (χ1) is 14.1. The molecule has 3 aromatic carbocycles. The largest absolute Gasteiger partial charge is 0.322 e. The Morgan fingerprint density at radius 2 is 1.83 bits per heavy atom. The molecule has 0 fully saturated rings. The smallest absolute Gasteiger partial charge is 0.256 e. The Hall–Kier alpha value is -3.73. The second-order valence-electron chi connectivity index (χ2n) is 6.86. The van der Waals surface area contributed by atoms with Crippen LogP contribution in [0.5, 0.6) is 0 Å². The molecule has 0 bridgehead atoms. The van der Waals surface area contributed by atoms with E-state index < -0.39 is 0 Å². The molecule has 0 spiro atoms. The molecule has 0 aliphatic carbocycles. The second-order valence-corrected chi connectivity index (χ2v) is 6.86. The van der Waals surface area contributed by atoms with Crippen LogP contribution in [0.3, 0.4) is 0 Å². The van der Waals surface area contributed by atoms with E-state index in [1.165, 1.54) is 12.1 Å². The van der Waals surface area contributed by atoms with E-state index >= 15 is 0 Å². The first-order valence-corrected chi connectivity index (χ1v) is 9.33. The first kappa shape index (κ1) is 18.6. The zero-order valence-corrected chi connectivity index (χ0v) is 16.0. The molecular weight excluding hydrogens is 365 g/mol. The minimum Gasteiger partial charge on any atom is -0.322 e. The lowest BCUT2D eigenvalue weighted by Crippen LogP contribution is -2.14. The number of aryl methyl sites for hydroxylation is 1. The van der Waals surface area contributed by atoms with Crippen molar-refractivity contribution in [3.8, 4) is 11.1 Å². The summed E-state index contributed by atoms with van der Waals surface area (Å²) in [7, 11) is 0. The average molecular weight is 385 g/mol. The number of carbonyl (C=O) groups is 1. The number of hydrogen-bond donors (Lipinski definition) is 1. The van der Waals surface area contributed by atoms with E-state index in [0.29, 0.717) is 23.4 Å². The fourth-order valence-corrected chi connectivity index (χ4v) is 3.26. The highest BCUT2D eigenvalue weighted by atomic mass is 19.1. The third-order valence-electron chi connectivity index (χ3n) is 4.78. The lowest BCUT2D eigenvalue weighted by Gasteiger charge is -2.12. The number of halogens is 1. The molecule has 1 aromatic heterocycles. The van der Waals surface area contributed by atoms with E-state index in [-0.39, 0.29) is 11.7 Å². The summed E-state index contributed by atoms with van der Waals surface area (Å²) in [6, 6.07) is 21.8. The van der Waals surface area contributed by atoms with Crippen molar-refractivity contribution in [3.63, 3.8) is 0 Å². The molecule has 0 atom stereocenters. The lowest BCUT2D eigenvalue weighted by atomic mass is 9.98. The second kappa shape index (κ2) is 8.10. The minimum atomic E-state index is -0.323. The first-order valence-electron chi connectivity index (χ1n) is 9.33. The van der Waals surface area contributed by atoms with Crippen LogP contribution in [0.2, 0.25) is 0 Å². The van der Waals surface area contributed by atoms with Gasteiger partial charge in [0.1, 0.15) is 5.82 Å². The van der Waals surface area contributed by atoms with Crippen molar-refractivity contribution >= 4 is 11.6 Å². The van der Waals surface area contributed by atoms with E-state index in [9.17, 15) is 9.18 Å². The Morgan fingerprint density at radius 1 is 1.03 bits per heavy atom. The van der Waals surface area contributed by atoms with E-state index in [0.717, 1.165) is 16.7 Å². The number of rotatable bonds is 5. The summed E-state index contributed by atoms with van der Waals surface area (Å²) in [6.45, 7) is 2.46. The van der Waals surface area contributed by atoms with Crippen LogP contribution in [0.15, 0.2) is 85.2 Å². The van der Waals surface area contributed by atoms with Gasteiger partial charge >= 0.3 is 0 Å². The third kappa shape index (κ3) is 4.24. The molecule has 1 amide bonds. The molecule has 1 N–H and O–H groups in total. The molecule has 4 rings (SSSR count). The van der Waals surface area contributed by atoms with Gasteiger partial charge in [0.05, 0.1) is 6.54 Å². The number of carbonyl (C=O) groups excluding carboxylic acids is 1. The van der Waals surface area contributed by atoms with Crippen LogP contribution < -0.4 is 5.32 Å². The van der Waals surface area contributed by atoms with Gasteiger partial charge in [-0.1, -0.05) is 42.5 Å². The standard InChI is InChI=1S/C24H20FN3O/c1-17-15-20(25)11-12-23(17)27-24(29)22-6-3-2-5-21(22)19-9-7-18(8-10-19)16-28-14-4-13-26-28/h2-15H,16H2,1H3,(H,27,29). The van der Waals surface area contributed by atoms with Gasteiger partial charge in [-0.2, -0.15) is 5.10 Å². The summed E-state index contributed by atoms with van der Waals surface area (Å²) >= 11 is 0. The Labute approximate surface area is 168 Å². The summed E-state index contributed by atoms with van der Waals surface area (Å²) in [5.74, 6) is -0.549. The van der Waals surface area contributed by atoms with Gasteiger partial charge in [-0.15, -0.1) is 0 Å². The predicted octanol–water partition coefficient (Wildman–Crippen LogP) is 5.30. The summed E-state index contributed by atoms with van der Waals surface area (Å²) in [6.07, 6.45) is 3.68. The van der Waals surface area contributed by atoms with Crippen molar-refractivity contribution in [1.29, 1.82) is 0 Å². The Balaban J connectivity index is 1.58. The Bertz CT molecular complexity index is 1140. The summed E-state index contributed by atoms with van der Waals surface area (Å²) in [5.41, 5.74) is 4.77. The maximum Gasteiger partial charge on any atom is 0.256 e. The van der Waals surface area contributed by atoms with Crippen molar-refractivity contribution in [2.24, 2.45) is 0 Å². The van der Waals surface area contributed by atoms with Crippen molar-refractivity contribution < 1.29 is 9.18 Å². The monoisotopic (exact) mass is 385 g/mol. The number of hydrogen-bond acceptors (Lipinski definition) is 2. The summed E-state index contributed by atoms with van der Waals surface area (Å²) in [5, 5.41) is 7.11. The molecule has 29 heavy (non-hydrogen) atoms. The van der Waals surface area contributed by atoms with Gasteiger partial charge in [-0.3, -0.25) is 9.48 Å². The van der Waals surface area contributed by atoms with Crippen LogP contribution in [0.4, 0.5) is 10.1 Å². The van der Waals surface area contributed by atoms with E-state index in [1.807, 2.05) is 59.4 Å². The van der Waals surface area contributed by atoms with E-state index in [4.69, 9.17) is 0 Å². The average Bonchev–Trinajstić information content (AvgIpc) is 3.24. The van der Waals surface area contributed by atoms with Crippen LogP contribution in [0, 0.1) is 12.7 Å². The summed E-state index contributed by atoms with van der Waals surface area (Å²) < 4.78 is 15.2. The molecule has 0 unspecified atom stereocenters. The molecule has 0 saturated heterocycles. The van der Waals surface area contributed by atoms with Crippen molar-refractivity contribution in [2.45, 2.75) is 13.5 Å². The quantitative estimate of drug-likeness (QED) is 0.507. The maximum atomic E-state index is 13.3. The molecule has 144 valence electrons. The van der Waals surface area contributed by atoms with Gasteiger partial charge in [0.15, 0.2) is 0 Å². The SMILES string of the molecule is Cc1cc(F)ccc1NC(=O)c1ccccc1-c1ccc(Cn2cccn2)cc1. The molecule has 5 heteroatoms. The molecule has 4 nitrogen and oxygen atoms in total. The predicted molar refractivity (Wildman–Crippen MR) is 112 cm³/mol. The van der Waals surface area contributed by atoms with Gasteiger partial charge in [-0.05, 0) is 59.5 Å². The van der Waals surface area contributed by atoms with Crippen molar-refractivity contribution in [3.05, 3.63) is 108 Å². The third-order valence-corrected chi connectivity index (χ3v) is 4.78. The number of nitrogens with zero attached hydrogens (tertiary/aromatic N) is 2. The number of benzene rings is 3. The van der Waals surface area contributed by atoms with Gasteiger partial charge in [0.2, 0.25) is 0 Å². The van der Waals surface area contributed by atoms with E-state index in [1.54, 1.807) is 25.3 Å². The Kier molecular flexibility index (Phi) is 5.20. The number of nitrogens with one attached hydrogen (secondary N) is 1. The highest BCUT2D eigenvalue weighted by Crippen LogP contribution is 2.26. The van der Waals surface area contributed by atoms with Crippen LogP contribution >= 0.6 is 0 Å². The van der Waals surface area contributed by atoms with Crippen molar-refractivity contribution in [2.75, 3.05) is 5.32 Å². The number of aromatic nitrogens is 2. The van der Waals surface area contributed by atoms with Crippen LogP contribution in [-0.2, 0) is 6.54 Å². The normalized spacial score (nSPS) is 10.7. The Morgan fingerprint density at radius 3 is 2.55 bits per heavy atom. The lowest BCUT2D eigenvalue weighted by molar-refractivity contribution is 0.102. The van der Waals surface area contributed by atoms with Gasteiger partial charge in [0, 0.05) is 23.6 Å². The molecule has 0 radical (unpaired) electrons.